The lowest BCUT2D eigenvalue weighted by molar-refractivity contribution is -0.146. The fourth-order valence-corrected chi connectivity index (χ4v) is 5.87. The summed E-state index contributed by atoms with van der Waals surface area (Å²) in [6.45, 7) is 6.13. The van der Waals surface area contributed by atoms with Crippen LogP contribution in [0.1, 0.15) is 25.0 Å². The lowest BCUT2D eigenvalue weighted by Gasteiger charge is -2.33. The van der Waals surface area contributed by atoms with Crippen LogP contribution in [0.5, 0.6) is 5.75 Å². The fraction of sp³-hybridized carbons (Fsp3) is 0.444. The Labute approximate surface area is 243 Å². The van der Waals surface area contributed by atoms with E-state index in [1.54, 1.807) is 6.92 Å². The standard InChI is InChI=1S/C22H22FN5O5S.C5H10FNO/c1-12-16-17(29)27(22(2,3)20(30)31)21(32)26(19(16)34-18(12)28-24-8-9-25-28)10-7-13-11-14(23)5-6-15(13)33-4;6-5-3-7(4-5)1-2-8/h5-6,8-9,11H,7,10H2,1-4H3,(H,30,31);5,8H,1-4H2. The highest BCUT2D eigenvalue weighted by Crippen LogP contribution is 2.31. The molecule has 226 valence electrons. The second-order valence-corrected chi connectivity index (χ2v) is 11.2. The molecule has 0 saturated carbocycles. The smallest absolute Gasteiger partial charge is 0.333 e. The van der Waals surface area contributed by atoms with E-state index in [0.29, 0.717) is 46.3 Å². The van der Waals surface area contributed by atoms with Crippen molar-refractivity contribution in [3.8, 4) is 10.8 Å². The number of benzene rings is 1. The third-order valence-electron chi connectivity index (χ3n) is 7.05. The first-order valence-electron chi connectivity index (χ1n) is 13.1. The Balaban J connectivity index is 0.000000437. The van der Waals surface area contributed by atoms with Gasteiger partial charge in [-0.2, -0.15) is 10.2 Å². The molecule has 0 aliphatic carbocycles. The molecule has 0 unspecified atom stereocenters. The van der Waals surface area contributed by atoms with Crippen molar-refractivity contribution in [2.24, 2.45) is 0 Å². The van der Waals surface area contributed by atoms with Crippen LogP contribution >= 0.6 is 11.3 Å². The zero-order chi connectivity index (χ0) is 30.8. The summed E-state index contributed by atoms with van der Waals surface area (Å²) in [5, 5.41) is 27.0. The van der Waals surface area contributed by atoms with E-state index in [9.17, 15) is 28.3 Å². The van der Waals surface area contributed by atoms with Gasteiger partial charge in [0.2, 0.25) is 0 Å². The molecule has 1 aromatic carbocycles. The van der Waals surface area contributed by atoms with Gasteiger partial charge in [0.1, 0.15) is 33.1 Å². The number of aromatic nitrogens is 5. The molecule has 4 heterocycles. The number of fused-ring (bicyclic) bond motifs is 1. The highest BCUT2D eigenvalue weighted by atomic mass is 32.1. The number of alkyl halides is 1. The Bertz CT molecular complexity index is 1690. The van der Waals surface area contributed by atoms with Crippen LogP contribution in [0.4, 0.5) is 8.78 Å². The third kappa shape index (κ3) is 5.98. The summed E-state index contributed by atoms with van der Waals surface area (Å²) in [7, 11) is 1.46. The van der Waals surface area contributed by atoms with E-state index < -0.39 is 34.7 Å². The molecule has 0 radical (unpaired) electrons. The molecular weight excluding hydrogens is 574 g/mol. The molecule has 42 heavy (non-hydrogen) atoms. The first-order chi connectivity index (χ1) is 19.9. The lowest BCUT2D eigenvalue weighted by atomic mass is 10.1. The minimum absolute atomic E-state index is 0.0526. The summed E-state index contributed by atoms with van der Waals surface area (Å²) in [5.74, 6) is -1.33. The molecule has 0 atom stereocenters. The average Bonchev–Trinajstić information content (AvgIpc) is 3.56. The number of aliphatic hydroxyl groups excluding tert-OH is 1. The van der Waals surface area contributed by atoms with Crippen LogP contribution < -0.4 is 16.0 Å². The molecule has 2 N–H and O–H groups in total. The number of carbonyl (C=O) groups is 1. The molecule has 3 aromatic heterocycles. The Morgan fingerprint density at radius 3 is 2.43 bits per heavy atom. The quantitative estimate of drug-likeness (QED) is 0.292. The number of carboxylic acid groups (broad SMARTS) is 1. The monoisotopic (exact) mass is 606 g/mol. The van der Waals surface area contributed by atoms with Gasteiger partial charge in [0.15, 0.2) is 0 Å². The lowest BCUT2D eigenvalue weighted by Crippen LogP contribution is -2.52. The Morgan fingerprint density at radius 2 is 1.86 bits per heavy atom. The van der Waals surface area contributed by atoms with Crippen LogP contribution in [0.15, 0.2) is 40.2 Å². The van der Waals surface area contributed by atoms with Gasteiger partial charge in [-0.1, -0.05) is 11.3 Å². The summed E-state index contributed by atoms with van der Waals surface area (Å²) < 4.78 is 33.2. The number of hydrogen-bond acceptors (Lipinski definition) is 9. The van der Waals surface area contributed by atoms with Crippen molar-refractivity contribution in [1.29, 1.82) is 0 Å². The first-order valence-corrected chi connectivity index (χ1v) is 13.9. The highest BCUT2D eigenvalue weighted by Gasteiger charge is 2.35. The van der Waals surface area contributed by atoms with Gasteiger partial charge in [0, 0.05) is 31.7 Å². The first kappa shape index (κ1) is 31.0. The molecule has 0 amide bonds. The van der Waals surface area contributed by atoms with Crippen LogP contribution in [0.25, 0.3) is 15.2 Å². The van der Waals surface area contributed by atoms with Crippen LogP contribution in [-0.4, -0.2) is 84.7 Å². The number of β-amino-alcohol motifs (C(OH)–C–C–N with tert-alkyl or cyclic N) is 1. The van der Waals surface area contributed by atoms with Crippen molar-refractivity contribution < 1.29 is 28.5 Å². The van der Waals surface area contributed by atoms with Crippen molar-refractivity contribution in [2.45, 2.75) is 45.4 Å². The Kier molecular flexibility index (Phi) is 9.23. The highest BCUT2D eigenvalue weighted by molar-refractivity contribution is 7.21. The van der Waals surface area contributed by atoms with Gasteiger partial charge >= 0.3 is 11.7 Å². The number of rotatable bonds is 9. The van der Waals surface area contributed by atoms with Gasteiger partial charge in [-0.3, -0.25) is 14.3 Å². The van der Waals surface area contributed by atoms with E-state index in [-0.39, 0.29) is 25.0 Å². The number of thiophene rings is 1. The molecule has 1 aliphatic heterocycles. The molecule has 4 aromatic rings. The van der Waals surface area contributed by atoms with Crippen LogP contribution in [-0.2, 0) is 23.3 Å². The molecular formula is C27H32F2N6O6S. The maximum absolute atomic E-state index is 13.9. The van der Waals surface area contributed by atoms with Crippen LogP contribution in [0.2, 0.25) is 0 Å². The van der Waals surface area contributed by atoms with Crippen LogP contribution in [0.3, 0.4) is 0 Å². The number of nitrogens with zero attached hydrogens (tertiary/aromatic N) is 6. The maximum Gasteiger partial charge on any atom is 0.333 e. The van der Waals surface area contributed by atoms with Gasteiger partial charge in [-0.05, 0) is 51.0 Å². The number of halogens is 2. The number of aryl methyl sites for hydroxylation is 3. The van der Waals surface area contributed by atoms with E-state index >= 15 is 0 Å². The number of aliphatic carboxylic acids is 1. The van der Waals surface area contributed by atoms with Crippen molar-refractivity contribution in [3.05, 3.63) is 68.4 Å². The van der Waals surface area contributed by atoms with E-state index in [1.165, 1.54) is 60.9 Å². The molecule has 0 bridgehead atoms. The van der Waals surface area contributed by atoms with Gasteiger partial charge in [0.25, 0.3) is 5.56 Å². The minimum atomic E-state index is -1.81. The summed E-state index contributed by atoms with van der Waals surface area (Å²) in [5.41, 5.74) is -2.24. The van der Waals surface area contributed by atoms with Crippen molar-refractivity contribution in [2.75, 3.05) is 33.4 Å². The summed E-state index contributed by atoms with van der Waals surface area (Å²) >= 11 is 1.15. The summed E-state index contributed by atoms with van der Waals surface area (Å²) in [6, 6.07) is 4.08. The third-order valence-corrected chi connectivity index (χ3v) is 8.33. The van der Waals surface area contributed by atoms with Gasteiger partial charge in [-0.25, -0.2) is 22.9 Å². The Hall–Kier alpha value is -3.95. The predicted octanol–water partition coefficient (Wildman–Crippen LogP) is 1.96. The molecule has 0 spiro atoms. The second kappa shape index (κ2) is 12.5. The van der Waals surface area contributed by atoms with Crippen molar-refractivity contribution >= 4 is 27.5 Å². The van der Waals surface area contributed by atoms with E-state index in [0.717, 1.165) is 15.9 Å². The fourth-order valence-electron chi connectivity index (χ4n) is 4.64. The number of carboxylic acids is 1. The van der Waals surface area contributed by atoms with Crippen molar-refractivity contribution in [3.63, 3.8) is 0 Å². The number of ether oxygens (including phenoxy) is 1. The molecule has 1 aliphatic rings. The Morgan fingerprint density at radius 1 is 1.19 bits per heavy atom. The maximum atomic E-state index is 13.9. The van der Waals surface area contributed by atoms with Crippen molar-refractivity contribution in [1.82, 2.24) is 29.0 Å². The van der Waals surface area contributed by atoms with Crippen LogP contribution in [0, 0.1) is 12.7 Å². The zero-order valence-corrected chi connectivity index (χ0v) is 24.4. The zero-order valence-electron chi connectivity index (χ0n) is 23.6. The van der Waals surface area contributed by atoms with Gasteiger partial charge in [-0.15, -0.1) is 4.80 Å². The average molecular weight is 607 g/mol. The largest absolute Gasteiger partial charge is 0.496 e. The molecule has 5 rings (SSSR count). The molecule has 12 nitrogen and oxygen atoms in total. The van der Waals surface area contributed by atoms with E-state index in [1.807, 2.05) is 4.90 Å². The number of hydrogen-bond donors (Lipinski definition) is 2. The van der Waals surface area contributed by atoms with E-state index in [4.69, 9.17) is 9.84 Å². The summed E-state index contributed by atoms with van der Waals surface area (Å²) in [4.78, 5) is 42.5. The number of aliphatic hydroxyl groups is 1. The molecule has 15 heteroatoms. The topological polar surface area (TPSA) is 145 Å². The second-order valence-electron chi connectivity index (χ2n) is 10.3. The van der Waals surface area contributed by atoms with E-state index in [2.05, 4.69) is 10.2 Å². The normalized spacial score (nSPS) is 14.0. The van der Waals surface area contributed by atoms with Gasteiger partial charge < -0.3 is 14.9 Å². The SMILES string of the molecule is COc1ccc(F)cc1CCn1c(=O)n(C(C)(C)C(=O)O)c(=O)c2c(C)c(-n3nccn3)sc21.OCCN1CC(F)C1. The number of methoxy groups -OCH3 is 1. The number of likely N-dealkylation sites (tertiary alicyclic amines) is 1. The summed E-state index contributed by atoms with van der Waals surface area (Å²) in [6.07, 6.45) is 2.54. The minimum Gasteiger partial charge on any atom is -0.496 e. The molecule has 1 saturated heterocycles. The van der Waals surface area contributed by atoms with Gasteiger partial charge in [0.05, 0.1) is 31.5 Å². The predicted molar refractivity (Wildman–Crippen MR) is 152 cm³/mol. The molecule has 1 fully saturated rings.